The van der Waals surface area contributed by atoms with E-state index in [0.29, 0.717) is 12.1 Å². The van der Waals surface area contributed by atoms with Gasteiger partial charge in [0.15, 0.2) is 6.61 Å². The standard InChI is InChI=1S/C19H28N2O2.ClH/c1-19(2,3)16-6-4-5-7-17(16)23-13-18(22)21-11-10-14-8-9-15(12-21)20-14;/h4-7,14-15,20H,8-13H2,1-3H3;1H. The van der Waals surface area contributed by atoms with Crippen molar-refractivity contribution in [3.8, 4) is 5.75 Å². The lowest BCUT2D eigenvalue weighted by molar-refractivity contribution is -0.133. The molecule has 0 spiro atoms. The van der Waals surface area contributed by atoms with E-state index in [1.54, 1.807) is 0 Å². The molecule has 24 heavy (non-hydrogen) atoms. The molecular weight excluding hydrogens is 324 g/mol. The lowest BCUT2D eigenvalue weighted by Gasteiger charge is -2.26. The summed E-state index contributed by atoms with van der Waals surface area (Å²) in [5, 5.41) is 3.61. The highest BCUT2D eigenvalue weighted by Crippen LogP contribution is 2.31. The van der Waals surface area contributed by atoms with Gasteiger partial charge >= 0.3 is 0 Å². The Hall–Kier alpha value is -1.26. The first-order valence-electron chi connectivity index (χ1n) is 8.69. The molecule has 0 saturated carbocycles. The normalized spacial score (nSPS) is 23.4. The third-order valence-corrected chi connectivity index (χ3v) is 4.92. The lowest BCUT2D eigenvalue weighted by atomic mass is 9.86. The van der Waals surface area contributed by atoms with Gasteiger partial charge < -0.3 is 15.0 Å². The number of nitrogens with zero attached hydrogens (tertiary/aromatic N) is 1. The van der Waals surface area contributed by atoms with Crippen LogP contribution in [0.5, 0.6) is 5.75 Å². The number of carbonyl (C=O) groups is 1. The number of benzene rings is 1. The second-order valence-corrected chi connectivity index (χ2v) is 7.80. The van der Waals surface area contributed by atoms with E-state index in [-0.39, 0.29) is 30.3 Å². The van der Waals surface area contributed by atoms with E-state index < -0.39 is 0 Å². The number of fused-ring (bicyclic) bond motifs is 2. The number of nitrogens with one attached hydrogen (secondary N) is 1. The Morgan fingerprint density at radius 1 is 1.21 bits per heavy atom. The first-order valence-corrected chi connectivity index (χ1v) is 8.69. The van der Waals surface area contributed by atoms with Crippen molar-refractivity contribution in [2.24, 2.45) is 0 Å². The van der Waals surface area contributed by atoms with Gasteiger partial charge in [0, 0.05) is 25.2 Å². The molecule has 2 saturated heterocycles. The maximum Gasteiger partial charge on any atom is 0.260 e. The van der Waals surface area contributed by atoms with E-state index in [0.717, 1.165) is 30.8 Å². The van der Waals surface area contributed by atoms with Crippen molar-refractivity contribution in [1.29, 1.82) is 0 Å². The van der Waals surface area contributed by atoms with Gasteiger partial charge in [-0.05, 0) is 36.3 Å². The van der Waals surface area contributed by atoms with Gasteiger partial charge in [-0.25, -0.2) is 0 Å². The zero-order chi connectivity index (χ0) is 16.4. The molecule has 2 aliphatic rings. The monoisotopic (exact) mass is 352 g/mol. The number of likely N-dealkylation sites (tertiary alicyclic amines) is 1. The van der Waals surface area contributed by atoms with Gasteiger partial charge in [-0.15, -0.1) is 12.4 Å². The second kappa shape index (κ2) is 7.75. The third-order valence-electron chi connectivity index (χ3n) is 4.92. The molecule has 1 N–H and O–H groups in total. The molecule has 0 aromatic heterocycles. The Morgan fingerprint density at radius 3 is 2.67 bits per heavy atom. The van der Waals surface area contributed by atoms with E-state index in [9.17, 15) is 4.79 Å². The number of amides is 1. The zero-order valence-corrected chi connectivity index (χ0v) is 15.7. The van der Waals surface area contributed by atoms with E-state index in [1.165, 1.54) is 12.8 Å². The predicted molar refractivity (Wildman–Crippen MR) is 99.0 cm³/mol. The molecule has 2 bridgehead atoms. The number of hydrogen-bond donors (Lipinski definition) is 1. The Balaban J connectivity index is 0.00000208. The average Bonchev–Trinajstić information content (AvgIpc) is 2.83. The third kappa shape index (κ3) is 4.42. The fourth-order valence-corrected chi connectivity index (χ4v) is 3.61. The van der Waals surface area contributed by atoms with Crippen molar-refractivity contribution in [1.82, 2.24) is 10.2 Å². The minimum Gasteiger partial charge on any atom is -0.483 e. The van der Waals surface area contributed by atoms with Gasteiger partial charge in [0.2, 0.25) is 0 Å². The van der Waals surface area contributed by atoms with Crippen LogP contribution in [0.1, 0.15) is 45.6 Å². The average molecular weight is 353 g/mol. The summed E-state index contributed by atoms with van der Waals surface area (Å²) in [6.07, 6.45) is 3.49. The van der Waals surface area contributed by atoms with E-state index in [1.807, 2.05) is 23.1 Å². The molecule has 1 aromatic carbocycles. The van der Waals surface area contributed by atoms with Gasteiger partial charge in [0.1, 0.15) is 5.75 Å². The maximum atomic E-state index is 12.5. The van der Waals surface area contributed by atoms with Crippen LogP contribution in [0, 0.1) is 0 Å². The second-order valence-electron chi connectivity index (χ2n) is 7.80. The predicted octanol–water partition coefficient (Wildman–Crippen LogP) is 3.14. The molecule has 4 nitrogen and oxygen atoms in total. The molecule has 2 unspecified atom stereocenters. The highest BCUT2D eigenvalue weighted by atomic mass is 35.5. The van der Waals surface area contributed by atoms with Gasteiger partial charge in [-0.3, -0.25) is 4.79 Å². The molecule has 1 amide bonds. The molecule has 3 rings (SSSR count). The number of ether oxygens (including phenoxy) is 1. The Labute approximate surface area is 151 Å². The van der Waals surface area contributed by atoms with Crippen molar-refractivity contribution in [3.63, 3.8) is 0 Å². The van der Waals surface area contributed by atoms with Gasteiger partial charge in [0.05, 0.1) is 0 Å². The van der Waals surface area contributed by atoms with E-state index in [4.69, 9.17) is 4.74 Å². The van der Waals surface area contributed by atoms with Gasteiger partial charge in [-0.1, -0.05) is 39.0 Å². The SMILES string of the molecule is CC(C)(C)c1ccccc1OCC(=O)N1CCC2CCC(C1)N2.Cl. The van der Waals surface area contributed by atoms with Crippen LogP contribution in [0.3, 0.4) is 0 Å². The molecule has 2 aliphatic heterocycles. The van der Waals surface area contributed by atoms with Crippen LogP contribution in [-0.2, 0) is 10.2 Å². The molecule has 2 atom stereocenters. The van der Waals surface area contributed by atoms with E-state index in [2.05, 4.69) is 32.2 Å². The minimum atomic E-state index is 0. The Bertz CT molecular complexity index is 571. The van der Waals surface area contributed by atoms with Gasteiger partial charge in [0.25, 0.3) is 5.91 Å². The summed E-state index contributed by atoms with van der Waals surface area (Å²) in [5.41, 5.74) is 1.15. The highest BCUT2D eigenvalue weighted by molar-refractivity contribution is 5.85. The molecule has 1 aromatic rings. The van der Waals surface area contributed by atoms with Crippen molar-refractivity contribution < 1.29 is 9.53 Å². The molecule has 5 heteroatoms. The fourth-order valence-electron chi connectivity index (χ4n) is 3.61. The van der Waals surface area contributed by atoms with Crippen molar-refractivity contribution in [3.05, 3.63) is 29.8 Å². The first kappa shape index (κ1) is 19.1. The molecule has 134 valence electrons. The first-order chi connectivity index (χ1) is 10.9. The van der Waals surface area contributed by atoms with Crippen molar-refractivity contribution in [2.75, 3.05) is 19.7 Å². The van der Waals surface area contributed by atoms with Crippen LogP contribution in [0.15, 0.2) is 24.3 Å². The molecule has 0 radical (unpaired) electrons. The highest BCUT2D eigenvalue weighted by Gasteiger charge is 2.31. The van der Waals surface area contributed by atoms with Crippen LogP contribution in [0.2, 0.25) is 0 Å². The van der Waals surface area contributed by atoms with Crippen LogP contribution >= 0.6 is 12.4 Å². The summed E-state index contributed by atoms with van der Waals surface area (Å²) in [4.78, 5) is 14.5. The van der Waals surface area contributed by atoms with E-state index >= 15 is 0 Å². The van der Waals surface area contributed by atoms with Crippen molar-refractivity contribution >= 4 is 18.3 Å². The summed E-state index contributed by atoms with van der Waals surface area (Å²) >= 11 is 0. The molecular formula is C19H29ClN2O2. The summed E-state index contributed by atoms with van der Waals surface area (Å²) < 4.78 is 5.89. The van der Waals surface area contributed by atoms with Crippen LogP contribution in [0.25, 0.3) is 0 Å². The number of carbonyl (C=O) groups excluding carboxylic acids is 1. The number of halogens is 1. The molecule has 2 heterocycles. The Kier molecular flexibility index (Phi) is 6.16. The topological polar surface area (TPSA) is 41.6 Å². The zero-order valence-electron chi connectivity index (χ0n) is 14.9. The molecule has 0 aliphatic carbocycles. The van der Waals surface area contributed by atoms with Crippen molar-refractivity contribution in [2.45, 2.75) is 57.5 Å². The maximum absolute atomic E-state index is 12.5. The summed E-state index contributed by atoms with van der Waals surface area (Å²) in [6, 6.07) is 9.08. The quantitative estimate of drug-likeness (QED) is 0.908. The van der Waals surface area contributed by atoms with Crippen LogP contribution in [-0.4, -0.2) is 42.6 Å². The fraction of sp³-hybridized carbons (Fsp3) is 0.632. The van der Waals surface area contributed by atoms with Gasteiger partial charge in [-0.2, -0.15) is 0 Å². The Morgan fingerprint density at radius 2 is 1.92 bits per heavy atom. The smallest absolute Gasteiger partial charge is 0.260 e. The lowest BCUT2D eigenvalue weighted by Crippen LogP contribution is -2.41. The van der Waals surface area contributed by atoms with Crippen LogP contribution < -0.4 is 10.1 Å². The number of hydrogen-bond acceptors (Lipinski definition) is 3. The summed E-state index contributed by atoms with van der Waals surface area (Å²) in [5.74, 6) is 0.922. The number of para-hydroxylation sites is 1. The number of rotatable bonds is 3. The summed E-state index contributed by atoms with van der Waals surface area (Å²) in [7, 11) is 0. The largest absolute Gasteiger partial charge is 0.483 e. The summed E-state index contributed by atoms with van der Waals surface area (Å²) in [6.45, 7) is 8.28. The minimum absolute atomic E-state index is 0. The molecule has 2 fully saturated rings. The van der Waals surface area contributed by atoms with Crippen LogP contribution in [0.4, 0.5) is 0 Å².